The maximum absolute atomic E-state index is 11.4. The van der Waals surface area contributed by atoms with E-state index in [9.17, 15) is 9.59 Å². The molecule has 0 radical (unpaired) electrons. The van der Waals surface area contributed by atoms with Gasteiger partial charge in [0.2, 0.25) is 0 Å². The van der Waals surface area contributed by atoms with Crippen LogP contribution in [0.15, 0.2) is 39.9 Å². The van der Waals surface area contributed by atoms with Gasteiger partial charge in [0.05, 0.1) is 11.3 Å². The molecule has 0 bridgehead atoms. The van der Waals surface area contributed by atoms with Crippen LogP contribution >= 0.6 is 15.9 Å². The van der Waals surface area contributed by atoms with Gasteiger partial charge in [-0.25, -0.2) is 9.59 Å². The van der Waals surface area contributed by atoms with Crippen LogP contribution in [-0.4, -0.2) is 20.6 Å². The van der Waals surface area contributed by atoms with Crippen molar-refractivity contribution >= 4 is 21.9 Å². The molecule has 0 aliphatic heterocycles. The number of hydrogen-bond acceptors (Lipinski definition) is 2. The van der Waals surface area contributed by atoms with Crippen LogP contribution in [0.2, 0.25) is 0 Å². The Hall–Kier alpha value is -1.82. The molecule has 0 unspecified atom stereocenters. The first-order chi connectivity index (χ1) is 7.59. The molecular weight excluding hydrogens is 276 g/mol. The molecular formula is C10H7BrN2O3. The van der Waals surface area contributed by atoms with Gasteiger partial charge in [-0.1, -0.05) is 15.9 Å². The number of halogens is 1. The van der Waals surface area contributed by atoms with E-state index in [1.165, 1.54) is 23.0 Å². The molecule has 0 spiro atoms. The molecule has 2 aromatic rings. The number of aromatic amines is 1. The predicted octanol–water partition coefficient (Wildman–Crippen LogP) is 1.63. The molecule has 0 atom stereocenters. The topological polar surface area (TPSA) is 75.1 Å². The van der Waals surface area contributed by atoms with Crippen LogP contribution in [-0.2, 0) is 0 Å². The smallest absolute Gasteiger partial charge is 0.337 e. The van der Waals surface area contributed by atoms with Crippen LogP contribution < -0.4 is 5.69 Å². The quantitative estimate of drug-likeness (QED) is 0.879. The second kappa shape index (κ2) is 3.97. The minimum Gasteiger partial charge on any atom is -0.478 e. The number of imidazole rings is 1. The molecule has 16 heavy (non-hydrogen) atoms. The van der Waals surface area contributed by atoms with Gasteiger partial charge in [-0.15, -0.1) is 0 Å². The van der Waals surface area contributed by atoms with Crippen LogP contribution in [0.25, 0.3) is 5.69 Å². The minimum absolute atomic E-state index is 0.0658. The van der Waals surface area contributed by atoms with Gasteiger partial charge in [0.1, 0.15) is 0 Å². The van der Waals surface area contributed by atoms with E-state index in [1.54, 1.807) is 12.1 Å². The molecule has 5 nitrogen and oxygen atoms in total. The third-order valence-corrected chi connectivity index (χ3v) is 2.59. The lowest BCUT2D eigenvalue weighted by Gasteiger charge is -2.06. The number of carboxylic acids is 1. The number of H-pyrrole nitrogens is 1. The Labute approximate surface area is 98.5 Å². The van der Waals surface area contributed by atoms with E-state index in [-0.39, 0.29) is 11.3 Å². The van der Waals surface area contributed by atoms with Crippen molar-refractivity contribution in [3.8, 4) is 5.69 Å². The highest BCUT2D eigenvalue weighted by atomic mass is 79.9. The van der Waals surface area contributed by atoms with Gasteiger partial charge in [0, 0.05) is 16.9 Å². The van der Waals surface area contributed by atoms with Crippen molar-refractivity contribution < 1.29 is 9.90 Å². The largest absolute Gasteiger partial charge is 0.478 e. The Kier molecular flexibility index (Phi) is 2.66. The highest BCUT2D eigenvalue weighted by Crippen LogP contribution is 2.19. The summed E-state index contributed by atoms with van der Waals surface area (Å²) in [5, 5.41) is 9.03. The number of rotatable bonds is 2. The highest BCUT2D eigenvalue weighted by Gasteiger charge is 2.13. The van der Waals surface area contributed by atoms with Crippen molar-refractivity contribution in [2.24, 2.45) is 0 Å². The highest BCUT2D eigenvalue weighted by molar-refractivity contribution is 9.10. The molecule has 0 fully saturated rings. The Bertz CT molecular complexity index is 600. The van der Waals surface area contributed by atoms with Gasteiger partial charge in [-0.2, -0.15) is 0 Å². The lowest BCUT2D eigenvalue weighted by atomic mass is 10.2. The summed E-state index contributed by atoms with van der Waals surface area (Å²) in [6.07, 6.45) is 2.94. The maximum Gasteiger partial charge on any atom is 0.337 e. The third-order valence-electron chi connectivity index (χ3n) is 2.10. The van der Waals surface area contributed by atoms with Crippen LogP contribution in [0.5, 0.6) is 0 Å². The van der Waals surface area contributed by atoms with Gasteiger partial charge in [-0.3, -0.25) is 4.57 Å². The van der Waals surface area contributed by atoms with E-state index >= 15 is 0 Å². The normalized spacial score (nSPS) is 10.3. The molecule has 82 valence electrons. The van der Waals surface area contributed by atoms with E-state index in [1.807, 2.05) is 0 Å². The standard InChI is InChI=1S/C10H7BrN2O3/c11-6-1-2-8(7(5-6)9(14)15)13-4-3-12-10(13)16/h1-5H,(H,12,16)(H,14,15). The number of carbonyl (C=O) groups is 1. The number of hydrogen-bond donors (Lipinski definition) is 2. The minimum atomic E-state index is -1.08. The summed E-state index contributed by atoms with van der Waals surface area (Å²) in [4.78, 5) is 24.9. The summed E-state index contributed by atoms with van der Waals surface area (Å²) in [5.74, 6) is -1.08. The summed E-state index contributed by atoms with van der Waals surface area (Å²) in [5.41, 5.74) is 0.0304. The van der Waals surface area contributed by atoms with E-state index in [0.717, 1.165) is 0 Å². The summed E-state index contributed by atoms with van der Waals surface area (Å²) < 4.78 is 1.90. The van der Waals surface area contributed by atoms with Crippen molar-refractivity contribution in [1.82, 2.24) is 9.55 Å². The average molecular weight is 283 g/mol. The zero-order chi connectivity index (χ0) is 11.7. The van der Waals surface area contributed by atoms with Crippen molar-refractivity contribution in [3.05, 3.63) is 51.1 Å². The second-order valence-corrected chi connectivity index (χ2v) is 4.02. The Morgan fingerprint density at radius 1 is 1.44 bits per heavy atom. The molecule has 2 N–H and O–H groups in total. The molecule has 0 aliphatic rings. The first-order valence-electron chi connectivity index (χ1n) is 4.39. The zero-order valence-electron chi connectivity index (χ0n) is 7.98. The Morgan fingerprint density at radius 3 is 2.75 bits per heavy atom. The van der Waals surface area contributed by atoms with Crippen molar-refractivity contribution in [1.29, 1.82) is 0 Å². The molecule has 2 rings (SSSR count). The van der Waals surface area contributed by atoms with Crippen LogP contribution in [0.1, 0.15) is 10.4 Å². The summed E-state index contributed by atoms with van der Waals surface area (Å²) >= 11 is 3.19. The number of nitrogens with one attached hydrogen (secondary N) is 1. The van der Waals surface area contributed by atoms with Crippen molar-refractivity contribution in [2.45, 2.75) is 0 Å². The molecule has 1 aromatic carbocycles. The van der Waals surface area contributed by atoms with Crippen LogP contribution in [0.4, 0.5) is 0 Å². The second-order valence-electron chi connectivity index (χ2n) is 3.10. The predicted molar refractivity (Wildman–Crippen MR) is 61.0 cm³/mol. The first kappa shape index (κ1) is 10.7. The number of carboxylic acid groups (broad SMARTS) is 1. The first-order valence-corrected chi connectivity index (χ1v) is 5.18. The molecule has 0 amide bonds. The van der Waals surface area contributed by atoms with E-state index in [0.29, 0.717) is 10.2 Å². The lowest BCUT2D eigenvalue weighted by molar-refractivity contribution is 0.0697. The molecule has 0 saturated carbocycles. The third kappa shape index (κ3) is 1.79. The fourth-order valence-corrected chi connectivity index (χ4v) is 1.76. The van der Waals surface area contributed by atoms with Gasteiger partial charge in [0.25, 0.3) is 0 Å². The maximum atomic E-state index is 11.4. The fourth-order valence-electron chi connectivity index (χ4n) is 1.40. The number of benzene rings is 1. The molecule has 1 aromatic heterocycles. The molecule has 0 saturated heterocycles. The van der Waals surface area contributed by atoms with Gasteiger partial charge in [-0.05, 0) is 18.2 Å². The molecule has 0 aliphatic carbocycles. The Balaban J connectivity index is 2.70. The SMILES string of the molecule is O=C(O)c1cc(Br)ccc1-n1cc[nH]c1=O. The number of aromatic nitrogens is 2. The summed E-state index contributed by atoms with van der Waals surface area (Å²) in [6, 6.07) is 4.71. The van der Waals surface area contributed by atoms with E-state index in [2.05, 4.69) is 20.9 Å². The van der Waals surface area contributed by atoms with Crippen LogP contribution in [0, 0.1) is 0 Å². The lowest BCUT2D eigenvalue weighted by Crippen LogP contribution is -2.17. The van der Waals surface area contributed by atoms with E-state index in [4.69, 9.17) is 5.11 Å². The summed E-state index contributed by atoms with van der Waals surface area (Å²) in [6.45, 7) is 0. The fraction of sp³-hybridized carbons (Fsp3) is 0. The van der Waals surface area contributed by atoms with E-state index < -0.39 is 5.97 Å². The van der Waals surface area contributed by atoms with Crippen molar-refractivity contribution in [2.75, 3.05) is 0 Å². The monoisotopic (exact) mass is 282 g/mol. The Morgan fingerprint density at radius 2 is 2.19 bits per heavy atom. The van der Waals surface area contributed by atoms with Gasteiger partial charge < -0.3 is 10.1 Å². The summed E-state index contributed by atoms with van der Waals surface area (Å²) in [7, 11) is 0. The number of nitrogens with zero attached hydrogens (tertiary/aromatic N) is 1. The van der Waals surface area contributed by atoms with Gasteiger partial charge >= 0.3 is 11.7 Å². The zero-order valence-corrected chi connectivity index (χ0v) is 9.56. The van der Waals surface area contributed by atoms with Gasteiger partial charge in [0.15, 0.2) is 0 Å². The van der Waals surface area contributed by atoms with Crippen LogP contribution in [0.3, 0.4) is 0 Å². The average Bonchev–Trinajstić information content (AvgIpc) is 2.64. The molecule has 6 heteroatoms. The van der Waals surface area contributed by atoms with Crippen molar-refractivity contribution in [3.63, 3.8) is 0 Å². The molecule has 1 heterocycles. The number of aromatic carboxylic acids is 1.